The first kappa shape index (κ1) is 13.7. The Labute approximate surface area is 105 Å². The third-order valence-electron chi connectivity index (χ3n) is 1.27. The van der Waals surface area contributed by atoms with Gasteiger partial charge in [0.05, 0.1) is 5.02 Å². The summed E-state index contributed by atoms with van der Waals surface area (Å²) >= 11 is 16.4. The summed E-state index contributed by atoms with van der Waals surface area (Å²) in [5, 5.41) is 16.0. The Hall–Kier alpha value is 0.724. The quantitative estimate of drug-likeness (QED) is 0.469. The van der Waals surface area contributed by atoms with Crippen molar-refractivity contribution < 1.29 is 31.9 Å². The van der Waals surface area contributed by atoms with Crippen molar-refractivity contribution in [3.05, 3.63) is 33.8 Å². The summed E-state index contributed by atoms with van der Waals surface area (Å²) in [4.78, 5) is 0. The first-order chi connectivity index (χ1) is 5.41. The average Bonchev–Trinajstić information content (AvgIpc) is 1.83. The Morgan fingerprint density at radius 3 is 2.08 bits per heavy atom. The Morgan fingerprint density at radius 2 is 1.69 bits per heavy atom. The normalized spacial score (nSPS) is 10.8. The summed E-state index contributed by atoms with van der Waals surface area (Å²) < 4.78 is 0. The molecule has 0 unspecified atom stereocenters. The SMILES string of the molecule is OC(O)(Cl)c1ccc(Cl)cc1Cl.[Ti]. The van der Waals surface area contributed by atoms with Crippen molar-refractivity contribution >= 4 is 34.8 Å². The van der Waals surface area contributed by atoms with E-state index in [0.717, 1.165) is 0 Å². The Kier molecular flexibility index (Phi) is 5.27. The fraction of sp³-hybridized carbons (Fsp3) is 0.143. The number of halogens is 3. The maximum Gasteiger partial charge on any atom is 0.272 e. The minimum Gasteiger partial charge on any atom is -0.350 e. The van der Waals surface area contributed by atoms with Crippen LogP contribution in [-0.4, -0.2) is 10.2 Å². The van der Waals surface area contributed by atoms with E-state index in [0.29, 0.717) is 5.02 Å². The number of hydrogen-bond donors (Lipinski definition) is 2. The molecule has 2 nitrogen and oxygen atoms in total. The molecule has 6 heteroatoms. The summed E-state index contributed by atoms with van der Waals surface area (Å²) in [7, 11) is 0. The van der Waals surface area contributed by atoms with Crippen LogP contribution in [0.2, 0.25) is 10.0 Å². The minimum atomic E-state index is -2.44. The van der Waals surface area contributed by atoms with E-state index in [1.165, 1.54) is 18.2 Å². The maximum absolute atomic E-state index is 8.95. The Morgan fingerprint density at radius 1 is 1.15 bits per heavy atom. The van der Waals surface area contributed by atoms with Crippen molar-refractivity contribution in [1.29, 1.82) is 0 Å². The molecule has 0 radical (unpaired) electrons. The van der Waals surface area contributed by atoms with E-state index in [1.807, 2.05) is 0 Å². The molecule has 0 amide bonds. The van der Waals surface area contributed by atoms with Crippen LogP contribution in [0.5, 0.6) is 0 Å². The van der Waals surface area contributed by atoms with Gasteiger partial charge in [0, 0.05) is 32.3 Å². The molecule has 70 valence electrons. The first-order valence-electron chi connectivity index (χ1n) is 3.00. The van der Waals surface area contributed by atoms with E-state index < -0.39 is 5.25 Å². The van der Waals surface area contributed by atoms with Gasteiger partial charge in [0.15, 0.2) is 0 Å². The second-order valence-corrected chi connectivity index (χ2v) is 3.58. The fourth-order valence-corrected chi connectivity index (χ4v) is 1.50. The third-order valence-corrected chi connectivity index (χ3v) is 2.03. The number of aliphatic hydroxyl groups is 2. The van der Waals surface area contributed by atoms with Gasteiger partial charge in [-0.05, 0) is 18.2 Å². The molecule has 13 heavy (non-hydrogen) atoms. The standard InChI is InChI=1S/C7H5Cl3O2.Ti/c8-4-1-2-5(6(9)3-4)7(10,11)12;/h1-3,11-12H;. The molecular formula is C7H5Cl3O2Ti. The molecule has 0 saturated carbocycles. The van der Waals surface area contributed by atoms with E-state index in [2.05, 4.69) is 0 Å². The smallest absolute Gasteiger partial charge is 0.272 e. The first-order valence-corrected chi connectivity index (χ1v) is 4.14. The predicted molar refractivity (Wildman–Crippen MR) is 48.4 cm³/mol. The van der Waals surface area contributed by atoms with Crippen LogP contribution in [0.25, 0.3) is 0 Å². The van der Waals surface area contributed by atoms with Gasteiger partial charge in [0.1, 0.15) is 0 Å². The van der Waals surface area contributed by atoms with Crippen LogP contribution in [0, 0.1) is 0 Å². The molecule has 0 atom stereocenters. The van der Waals surface area contributed by atoms with E-state index in [4.69, 9.17) is 45.0 Å². The molecule has 0 spiro atoms. The largest absolute Gasteiger partial charge is 0.350 e. The number of alkyl halides is 1. The topological polar surface area (TPSA) is 40.5 Å². The van der Waals surface area contributed by atoms with Crippen LogP contribution in [0.1, 0.15) is 5.56 Å². The molecule has 0 fully saturated rings. The van der Waals surface area contributed by atoms with Crippen LogP contribution in [0.15, 0.2) is 18.2 Å². The second-order valence-electron chi connectivity index (χ2n) is 2.21. The molecule has 1 rings (SSSR count). The molecular weight excluding hydrogens is 270 g/mol. The summed E-state index contributed by atoms with van der Waals surface area (Å²) in [6.07, 6.45) is 0. The van der Waals surface area contributed by atoms with Gasteiger partial charge in [-0.3, -0.25) is 0 Å². The van der Waals surface area contributed by atoms with Gasteiger partial charge in [0.2, 0.25) is 0 Å². The van der Waals surface area contributed by atoms with Crippen molar-refractivity contribution in [1.82, 2.24) is 0 Å². The molecule has 0 aliphatic carbocycles. The van der Waals surface area contributed by atoms with E-state index in [1.54, 1.807) is 0 Å². The number of rotatable bonds is 1. The molecule has 0 aliphatic heterocycles. The van der Waals surface area contributed by atoms with E-state index >= 15 is 0 Å². The van der Waals surface area contributed by atoms with Gasteiger partial charge >= 0.3 is 0 Å². The van der Waals surface area contributed by atoms with Crippen molar-refractivity contribution in [3.8, 4) is 0 Å². The van der Waals surface area contributed by atoms with Crippen LogP contribution in [0.3, 0.4) is 0 Å². The van der Waals surface area contributed by atoms with E-state index in [-0.39, 0.29) is 32.3 Å². The zero-order chi connectivity index (χ0) is 9.35. The molecule has 1 aromatic rings. The Bertz CT molecular complexity index is 298. The zero-order valence-electron chi connectivity index (χ0n) is 6.26. The molecule has 1 aromatic carbocycles. The maximum atomic E-state index is 8.95. The minimum absolute atomic E-state index is 0. The van der Waals surface area contributed by atoms with Crippen LogP contribution in [0.4, 0.5) is 0 Å². The van der Waals surface area contributed by atoms with Crippen LogP contribution in [-0.2, 0) is 27.0 Å². The monoisotopic (exact) mass is 274 g/mol. The van der Waals surface area contributed by atoms with Gasteiger partial charge in [0.25, 0.3) is 5.25 Å². The van der Waals surface area contributed by atoms with Crippen molar-refractivity contribution in [2.45, 2.75) is 5.25 Å². The average molecular weight is 275 g/mol. The molecule has 0 aliphatic rings. The molecule has 2 N–H and O–H groups in total. The molecule has 0 aromatic heterocycles. The van der Waals surface area contributed by atoms with Gasteiger partial charge in [-0.15, -0.1) is 0 Å². The van der Waals surface area contributed by atoms with Gasteiger partial charge in [-0.1, -0.05) is 34.8 Å². The number of benzene rings is 1. The van der Waals surface area contributed by atoms with Gasteiger partial charge in [-0.25, -0.2) is 0 Å². The van der Waals surface area contributed by atoms with Crippen molar-refractivity contribution in [2.24, 2.45) is 0 Å². The van der Waals surface area contributed by atoms with Crippen molar-refractivity contribution in [3.63, 3.8) is 0 Å². The second kappa shape index (κ2) is 4.99. The van der Waals surface area contributed by atoms with Crippen molar-refractivity contribution in [2.75, 3.05) is 0 Å². The summed E-state index contributed by atoms with van der Waals surface area (Å²) in [6, 6.07) is 4.19. The van der Waals surface area contributed by atoms with Crippen LogP contribution >= 0.6 is 34.8 Å². The van der Waals surface area contributed by atoms with Gasteiger partial charge < -0.3 is 10.2 Å². The summed E-state index contributed by atoms with van der Waals surface area (Å²) in [6.45, 7) is 0. The fourth-order valence-electron chi connectivity index (χ4n) is 0.747. The molecule has 0 heterocycles. The molecule has 0 saturated heterocycles. The third kappa shape index (κ3) is 3.76. The predicted octanol–water partition coefficient (Wildman–Crippen LogP) is 2.32. The van der Waals surface area contributed by atoms with E-state index in [9.17, 15) is 0 Å². The summed E-state index contributed by atoms with van der Waals surface area (Å²) in [5.74, 6) is 0. The Balaban J connectivity index is 0.00000144. The summed E-state index contributed by atoms with van der Waals surface area (Å²) in [5.41, 5.74) is 0.00948. The van der Waals surface area contributed by atoms with Gasteiger partial charge in [-0.2, -0.15) is 0 Å². The number of hydrogen-bond acceptors (Lipinski definition) is 2. The molecule has 0 bridgehead atoms. The zero-order valence-corrected chi connectivity index (χ0v) is 10.1. The van der Waals surface area contributed by atoms with Crippen LogP contribution < -0.4 is 0 Å².